The molecule has 2 atom stereocenters. The maximum atomic E-state index is 14.2. The average molecular weight is 577 g/mol. The highest BCUT2D eigenvalue weighted by atomic mass is 16.5. The van der Waals surface area contributed by atoms with Crippen LogP contribution in [-0.4, -0.2) is 46.9 Å². The number of aromatic amines is 1. The number of nitrogens with zero attached hydrogens (tertiary/aromatic N) is 2. The molecule has 4 amide bonds. The fourth-order valence-corrected chi connectivity index (χ4v) is 7.10. The molecule has 1 saturated carbocycles. The molecule has 4 aromatic rings. The van der Waals surface area contributed by atoms with Gasteiger partial charge < -0.3 is 15.0 Å². The number of H-pyrrole nitrogens is 1. The lowest BCUT2D eigenvalue weighted by atomic mass is 9.89. The molecule has 7 rings (SSSR count). The Morgan fingerprint density at radius 2 is 1.65 bits per heavy atom. The number of imide groups is 1. The molecule has 0 bridgehead atoms. The van der Waals surface area contributed by atoms with Crippen molar-refractivity contribution in [1.29, 1.82) is 0 Å². The number of rotatable bonds is 5. The molecular formula is C35H36N4O4. The first-order valence-electron chi connectivity index (χ1n) is 15.3. The van der Waals surface area contributed by atoms with E-state index in [1.165, 1.54) is 24.2 Å². The van der Waals surface area contributed by atoms with Gasteiger partial charge in [-0.3, -0.25) is 14.5 Å². The highest BCUT2D eigenvalue weighted by Crippen LogP contribution is 2.45. The molecule has 3 aromatic carbocycles. The van der Waals surface area contributed by atoms with Crippen molar-refractivity contribution >= 4 is 34.4 Å². The lowest BCUT2D eigenvalue weighted by molar-refractivity contribution is -0.120. The minimum absolute atomic E-state index is 0.114. The second-order valence-corrected chi connectivity index (χ2v) is 11.9. The van der Waals surface area contributed by atoms with Crippen LogP contribution in [0.1, 0.15) is 78.2 Å². The number of hydrogen-bond acceptors (Lipinski definition) is 4. The van der Waals surface area contributed by atoms with E-state index in [9.17, 15) is 14.4 Å². The SMILES string of the molecule is COc1cccc(C2c3[nH]c4ccccc4c3CC3C(=O)N(c4ccc(C(=O)NC5CCCCCCC5)cc4)C(=O)N32)c1. The van der Waals surface area contributed by atoms with Gasteiger partial charge in [0.1, 0.15) is 17.8 Å². The summed E-state index contributed by atoms with van der Waals surface area (Å²) < 4.78 is 5.51. The first-order chi connectivity index (χ1) is 21.0. The number of urea groups is 1. The Morgan fingerprint density at radius 3 is 2.42 bits per heavy atom. The number of amides is 4. The Morgan fingerprint density at radius 1 is 0.907 bits per heavy atom. The Labute approximate surface area is 251 Å². The maximum Gasteiger partial charge on any atom is 0.332 e. The lowest BCUT2D eigenvalue weighted by Crippen LogP contribution is -2.44. The van der Waals surface area contributed by atoms with Crippen LogP contribution in [0.3, 0.4) is 0 Å². The van der Waals surface area contributed by atoms with E-state index in [-0.39, 0.29) is 23.9 Å². The lowest BCUT2D eigenvalue weighted by Gasteiger charge is -2.36. The summed E-state index contributed by atoms with van der Waals surface area (Å²) in [5, 5.41) is 4.26. The van der Waals surface area contributed by atoms with E-state index in [1.807, 2.05) is 42.5 Å². The van der Waals surface area contributed by atoms with Crippen LogP contribution in [0.15, 0.2) is 72.8 Å². The van der Waals surface area contributed by atoms with Gasteiger partial charge in [0, 0.05) is 34.6 Å². The summed E-state index contributed by atoms with van der Waals surface area (Å²) in [6.07, 6.45) is 8.41. The standard InChI is InChI=1S/C35H36N4O4/c1-43-26-13-9-10-23(20-26)32-31-28(27-14-7-8-15-29(27)37-31)21-30-34(41)38(35(42)39(30)32)25-18-16-22(17-19-25)33(40)36-24-11-5-3-2-4-6-12-24/h7-10,13-20,24,30,32,37H,2-6,11-12,21H2,1H3,(H,36,40). The number of fused-ring (bicyclic) bond motifs is 4. The molecule has 1 aromatic heterocycles. The first-order valence-corrected chi connectivity index (χ1v) is 15.3. The number of hydrogen-bond donors (Lipinski definition) is 2. The number of carbonyl (C=O) groups is 3. The number of anilines is 1. The van der Waals surface area contributed by atoms with Gasteiger partial charge in [-0.05, 0) is 66.4 Å². The van der Waals surface area contributed by atoms with E-state index in [0.717, 1.165) is 53.4 Å². The van der Waals surface area contributed by atoms with E-state index < -0.39 is 12.1 Å². The van der Waals surface area contributed by atoms with Crippen molar-refractivity contribution in [3.63, 3.8) is 0 Å². The highest BCUT2D eigenvalue weighted by molar-refractivity contribution is 6.22. The minimum Gasteiger partial charge on any atom is -0.497 e. The van der Waals surface area contributed by atoms with Crippen LogP contribution >= 0.6 is 0 Å². The molecule has 3 aliphatic rings. The number of ether oxygens (including phenoxy) is 1. The average Bonchev–Trinajstić information content (AvgIpc) is 3.51. The van der Waals surface area contributed by atoms with Crippen molar-refractivity contribution in [2.75, 3.05) is 12.0 Å². The summed E-state index contributed by atoms with van der Waals surface area (Å²) >= 11 is 0. The van der Waals surface area contributed by atoms with Crippen molar-refractivity contribution in [3.05, 3.63) is 95.2 Å². The van der Waals surface area contributed by atoms with E-state index in [4.69, 9.17) is 4.74 Å². The van der Waals surface area contributed by atoms with Crippen LogP contribution in [0.5, 0.6) is 5.75 Å². The third-order valence-corrected chi connectivity index (χ3v) is 9.29. The molecule has 0 spiro atoms. The van der Waals surface area contributed by atoms with Crippen molar-refractivity contribution in [2.45, 2.75) is 69.5 Å². The second kappa shape index (κ2) is 11.2. The Kier molecular flexibility index (Phi) is 7.13. The van der Waals surface area contributed by atoms with Crippen molar-refractivity contribution in [3.8, 4) is 5.75 Å². The van der Waals surface area contributed by atoms with Crippen LogP contribution in [0, 0.1) is 0 Å². The summed E-state index contributed by atoms with van der Waals surface area (Å²) in [6.45, 7) is 0. The molecule has 2 aliphatic heterocycles. The third kappa shape index (κ3) is 4.84. The maximum absolute atomic E-state index is 14.2. The van der Waals surface area contributed by atoms with Gasteiger partial charge in [-0.2, -0.15) is 0 Å². The van der Waals surface area contributed by atoms with Gasteiger partial charge in [-0.25, -0.2) is 9.69 Å². The molecule has 8 heteroatoms. The number of para-hydroxylation sites is 1. The predicted octanol–water partition coefficient (Wildman–Crippen LogP) is 6.50. The summed E-state index contributed by atoms with van der Waals surface area (Å²) in [5.74, 6) is 0.304. The molecule has 3 heterocycles. The molecule has 43 heavy (non-hydrogen) atoms. The highest BCUT2D eigenvalue weighted by Gasteiger charge is 2.53. The topological polar surface area (TPSA) is 94.7 Å². The number of aromatic nitrogens is 1. The Balaban J connectivity index is 1.19. The van der Waals surface area contributed by atoms with Crippen LogP contribution in [0.4, 0.5) is 10.5 Å². The minimum atomic E-state index is -0.655. The molecule has 220 valence electrons. The van der Waals surface area contributed by atoms with E-state index in [0.29, 0.717) is 23.4 Å². The molecule has 1 saturated heterocycles. The smallest absolute Gasteiger partial charge is 0.332 e. The Bertz CT molecular complexity index is 1690. The molecule has 1 aliphatic carbocycles. The summed E-state index contributed by atoms with van der Waals surface area (Å²) in [4.78, 5) is 47.7. The van der Waals surface area contributed by atoms with Gasteiger partial charge >= 0.3 is 6.03 Å². The van der Waals surface area contributed by atoms with Crippen molar-refractivity contribution in [2.24, 2.45) is 0 Å². The summed E-state index contributed by atoms with van der Waals surface area (Å²) in [5.41, 5.74) is 4.79. The van der Waals surface area contributed by atoms with Crippen LogP contribution in [0.25, 0.3) is 10.9 Å². The van der Waals surface area contributed by atoms with E-state index in [1.54, 1.807) is 36.3 Å². The van der Waals surface area contributed by atoms with E-state index >= 15 is 0 Å². The fraction of sp³-hybridized carbons (Fsp3) is 0.343. The zero-order valence-corrected chi connectivity index (χ0v) is 24.3. The summed E-state index contributed by atoms with van der Waals surface area (Å²) in [7, 11) is 1.62. The molecular weight excluding hydrogens is 540 g/mol. The molecule has 8 nitrogen and oxygen atoms in total. The Hall–Kier alpha value is -4.59. The normalized spacial score (nSPS) is 20.9. The van der Waals surface area contributed by atoms with Gasteiger partial charge in [0.25, 0.3) is 11.8 Å². The predicted molar refractivity (Wildman–Crippen MR) is 165 cm³/mol. The van der Waals surface area contributed by atoms with Crippen molar-refractivity contribution < 1.29 is 19.1 Å². The van der Waals surface area contributed by atoms with Crippen LogP contribution in [0.2, 0.25) is 0 Å². The zero-order valence-electron chi connectivity index (χ0n) is 24.3. The van der Waals surface area contributed by atoms with Gasteiger partial charge in [-0.15, -0.1) is 0 Å². The van der Waals surface area contributed by atoms with Gasteiger partial charge in [0.2, 0.25) is 0 Å². The monoisotopic (exact) mass is 576 g/mol. The molecule has 2 N–H and O–H groups in total. The molecule has 2 unspecified atom stereocenters. The van der Waals surface area contributed by atoms with E-state index in [2.05, 4.69) is 16.4 Å². The van der Waals surface area contributed by atoms with Gasteiger partial charge in [0.15, 0.2) is 0 Å². The van der Waals surface area contributed by atoms with Crippen molar-refractivity contribution in [1.82, 2.24) is 15.2 Å². The first kappa shape index (κ1) is 27.3. The summed E-state index contributed by atoms with van der Waals surface area (Å²) in [6, 6.07) is 21.2. The zero-order chi connectivity index (χ0) is 29.5. The van der Waals surface area contributed by atoms with Gasteiger partial charge in [-0.1, -0.05) is 62.4 Å². The second-order valence-electron chi connectivity index (χ2n) is 11.9. The quantitative estimate of drug-likeness (QED) is 0.265. The number of methoxy groups -OCH3 is 1. The largest absolute Gasteiger partial charge is 0.497 e. The van der Waals surface area contributed by atoms with Crippen LogP contribution < -0.4 is 15.0 Å². The molecule has 0 radical (unpaired) electrons. The number of carbonyl (C=O) groups excluding carboxylic acids is 3. The van der Waals surface area contributed by atoms with Crippen LogP contribution in [-0.2, 0) is 11.2 Å². The number of nitrogens with one attached hydrogen (secondary N) is 2. The number of benzene rings is 3. The third-order valence-electron chi connectivity index (χ3n) is 9.29. The van der Waals surface area contributed by atoms with Gasteiger partial charge in [0.05, 0.1) is 12.8 Å². The molecule has 2 fully saturated rings. The fourth-order valence-electron chi connectivity index (χ4n) is 7.10.